The lowest BCUT2D eigenvalue weighted by molar-refractivity contribution is -0.150. The van der Waals surface area contributed by atoms with Crippen LogP contribution in [0.3, 0.4) is 0 Å². The fraction of sp³-hybridized carbons (Fsp3) is 0.700. The number of nitrogens with two attached hydrogens (primary N) is 1. The lowest BCUT2D eigenvalue weighted by Gasteiger charge is -2.32. The summed E-state index contributed by atoms with van der Waals surface area (Å²) in [6.07, 6.45) is 2.78. The zero-order valence-electron chi connectivity index (χ0n) is 9.82. The van der Waals surface area contributed by atoms with Gasteiger partial charge in [-0.15, -0.1) is 5.10 Å². The Balaban J connectivity index is 1.88. The summed E-state index contributed by atoms with van der Waals surface area (Å²) in [7, 11) is 0. The van der Waals surface area contributed by atoms with E-state index in [1.807, 2.05) is 6.92 Å². The highest BCUT2D eigenvalue weighted by atomic mass is 16.5. The second-order valence-corrected chi connectivity index (χ2v) is 4.36. The largest absolute Gasteiger partial charge is 0.367 e. The molecule has 4 N–H and O–H groups in total. The van der Waals surface area contributed by atoms with E-state index in [2.05, 4.69) is 20.5 Å². The Hall–Kier alpha value is -1.63. The molecule has 1 fully saturated rings. The first-order valence-corrected chi connectivity index (χ1v) is 5.69. The van der Waals surface area contributed by atoms with Crippen LogP contribution in [0.15, 0.2) is 0 Å². The fourth-order valence-corrected chi connectivity index (χ4v) is 1.85. The Labute approximate surface area is 99.1 Å². The van der Waals surface area contributed by atoms with Crippen LogP contribution in [0.2, 0.25) is 0 Å². The van der Waals surface area contributed by atoms with E-state index < -0.39 is 5.60 Å². The van der Waals surface area contributed by atoms with Gasteiger partial charge in [0.05, 0.1) is 6.54 Å². The number of nitrogens with one attached hydrogen (secondary N) is 2. The molecule has 1 atom stereocenters. The van der Waals surface area contributed by atoms with E-state index in [0.717, 1.165) is 19.3 Å². The lowest BCUT2D eigenvalue weighted by Crippen LogP contribution is -2.48. The molecular formula is C10H17N5O2. The number of rotatable bonds is 3. The third-order valence-electron chi connectivity index (χ3n) is 2.91. The maximum atomic E-state index is 12.0. The van der Waals surface area contributed by atoms with Gasteiger partial charge in [-0.05, 0) is 26.2 Å². The van der Waals surface area contributed by atoms with Crippen molar-refractivity contribution in [2.75, 3.05) is 12.3 Å². The summed E-state index contributed by atoms with van der Waals surface area (Å²) in [5.41, 5.74) is 4.64. The average Bonchev–Trinajstić information content (AvgIpc) is 2.73. The third kappa shape index (κ3) is 2.73. The highest BCUT2D eigenvalue weighted by Gasteiger charge is 2.35. The second-order valence-electron chi connectivity index (χ2n) is 4.36. The van der Waals surface area contributed by atoms with Crippen molar-refractivity contribution in [3.63, 3.8) is 0 Å². The molecule has 0 saturated carbocycles. The zero-order valence-corrected chi connectivity index (χ0v) is 9.82. The molecule has 1 aromatic rings. The summed E-state index contributed by atoms with van der Waals surface area (Å²) < 4.78 is 5.54. The van der Waals surface area contributed by atoms with Crippen LogP contribution in [0.5, 0.6) is 0 Å². The first-order valence-electron chi connectivity index (χ1n) is 5.69. The van der Waals surface area contributed by atoms with Crippen LogP contribution in [-0.2, 0) is 16.1 Å². The molecule has 1 aromatic heterocycles. The SMILES string of the molecule is CC1(C(=O)NCc2nc(N)n[nH]2)CCCCO1. The van der Waals surface area contributed by atoms with Crippen molar-refractivity contribution in [2.45, 2.75) is 38.3 Å². The van der Waals surface area contributed by atoms with Crippen molar-refractivity contribution in [1.29, 1.82) is 0 Å². The van der Waals surface area contributed by atoms with Gasteiger partial charge in [0.1, 0.15) is 11.4 Å². The van der Waals surface area contributed by atoms with Gasteiger partial charge in [0.25, 0.3) is 5.91 Å². The van der Waals surface area contributed by atoms with E-state index in [-0.39, 0.29) is 18.4 Å². The smallest absolute Gasteiger partial charge is 0.252 e. The minimum absolute atomic E-state index is 0.118. The molecule has 0 spiro atoms. The van der Waals surface area contributed by atoms with Gasteiger partial charge in [-0.2, -0.15) is 4.98 Å². The summed E-state index contributed by atoms with van der Waals surface area (Å²) in [6, 6.07) is 0. The maximum absolute atomic E-state index is 12.0. The van der Waals surface area contributed by atoms with Crippen LogP contribution >= 0.6 is 0 Å². The number of amides is 1. The van der Waals surface area contributed by atoms with E-state index in [0.29, 0.717) is 12.4 Å². The number of hydrogen-bond acceptors (Lipinski definition) is 5. The highest BCUT2D eigenvalue weighted by Crippen LogP contribution is 2.24. The standard InChI is InChI=1S/C10H17N5O2/c1-10(4-2-3-5-17-10)8(16)12-6-7-13-9(11)15-14-7/h2-6H2,1H3,(H,12,16)(H3,11,13,14,15). The van der Waals surface area contributed by atoms with Crippen molar-refractivity contribution in [3.8, 4) is 0 Å². The van der Waals surface area contributed by atoms with Crippen LogP contribution in [0.25, 0.3) is 0 Å². The van der Waals surface area contributed by atoms with Gasteiger partial charge in [-0.25, -0.2) is 0 Å². The van der Waals surface area contributed by atoms with E-state index in [1.54, 1.807) is 0 Å². The molecule has 0 radical (unpaired) electrons. The number of aromatic amines is 1. The van der Waals surface area contributed by atoms with Gasteiger partial charge >= 0.3 is 0 Å². The first kappa shape index (κ1) is 11.8. The van der Waals surface area contributed by atoms with Crippen molar-refractivity contribution >= 4 is 11.9 Å². The number of ether oxygens (including phenoxy) is 1. The molecule has 2 heterocycles. The monoisotopic (exact) mass is 239 g/mol. The van der Waals surface area contributed by atoms with Crippen molar-refractivity contribution in [2.24, 2.45) is 0 Å². The Morgan fingerprint density at radius 2 is 2.47 bits per heavy atom. The molecule has 2 rings (SSSR count). The van der Waals surface area contributed by atoms with Crippen molar-refractivity contribution in [3.05, 3.63) is 5.82 Å². The normalized spacial score (nSPS) is 24.5. The van der Waals surface area contributed by atoms with E-state index in [4.69, 9.17) is 10.5 Å². The van der Waals surface area contributed by atoms with Crippen molar-refractivity contribution < 1.29 is 9.53 Å². The van der Waals surface area contributed by atoms with Crippen LogP contribution in [0.4, 0.5) is 5.95 Å². The maximum Gasteiger partial charge on any atom is 0.252 e. The van der Waals surface area contributed by atoms with E-state index in [1.165, 1.54) is 0 Å². The molecule has 0 aliphatic carbocycles. The van der Waals surface area contributed by atoms with E-state index >= 15 is 0 Å². The number of hydrogen-bond donors (Lipinski definition) is 3. The zero-order chi connectivity index (χ0) is 12.3. The van der Waals surface area contributed by atoms with Gasteiger partial charge in [0, 0.05) is 6.61 Å². The Kier molecular flexibility index (Phi) is 3.28. The number of H-pyrrole nitrogens is 1. The van der Waals surface area contributed by atoms with E-state index in [9.17, 15) is 4.79 Å². The number of nitrogen functional groups attached to an aromatic ring is 1. The van der Waals surface area contributed by atoms with Crippen LogP contribution < -0.4 is 11.1 Å². The molecule has 0 aromatic carbocycles. The summed E-state index contributed by atoms with van der Waals surface area (Å²) in [4.78, 5) is 15.9. The summed E-state index contributed by atoms with van der Waals surface area (Å²) >= 11 is 0. The number of nitrogens with zero attached hydrogens (tertiary/aromatic N) is 2. The molecule has 1 unspecified atom stereocenters. The van der Waals surface area contributed by atoms with Crippen LogP contribution in [0.1, 0.15) is 32.0 Å². The predicted octanol–water partition coefficient (Wildman–Crippen LogP) is -0.0377. The minimum atomic E-state index is -0.718. The van der Waals surface area contributed by atoms with Gasteiger partial charge in [-0.1, -0.05) is 0 Å². The van der Waals surface area contributed by atoms with Crippen LogP contribution in [0, 0.1) is 0 Å². The molecule has 94 valence electrons. The molecule has 7 heteroatoms. The second kappa shape index (κ2) is 4.70. The molecule has 1 aliphatic rings. The first-order chi connectivity index (χ1) is 8.10. The highest BCUT2D eigenvalue weighted by molar-refractivity contribution is 5.84. The number of anilines is 1. The molecule has 1 amide bonds. The number of carbonyl (C=O) groups is 1. The molecule has 1 saturated heterocycles. The predicted molar refractivity (Wildman–Crippen MR) is 60.8 cm³/mol. The van der Waals surface area contributed by atoms with Gasteiger partial charge in [-0.3, -0.25) is 9.89 Å². The number of carbonyl (C=O) groups excluding carboxylic acids is 1. The van der Waals surface area contributed by atoms with Gasteiger partial charge < -0.3 is 15.8 Å². The van der Waals surface area contributed by atoms with Gasteiger partial charge in [0.15, 0.2) is 0 Å². The minimum Gasteiger partial charge on any atom is -0.367 e. The molecule has 17 heavy (non-hydrogen) atoms. The molecular weight excluding hydrogens is 222 g/mol. The molecule has 1 aliphatic heterocycles. The summed E-state index contributed by atoms with van der Waals surface area (Å²) in [6.45, 7) is 2.73. The topological polar surface area (TPSA) is 106 Å². The quantitative estimate of drug-likeness (QED) is 0.686. The van der Waals surface area contributed by atoms with Crippen LogP contribution in [-0.4, -0.2) is 33.3 Å². The molecule has 0 bridgehead atoms. The number of aromatic nitrogens is 3. The summed E-state index contributed by atoms with van der Waals surface area (Å²) in [5, 5.41) is 9.09. The third-order valence-corrected chi connectivity index (χ3v) is 2.91. The summed E-state index contributed by atoms with van der Waals surface area (Å²) in [5.74, 6) is 0.594. The van der Waals surface area contributed by atoms with Gasteiger partial charge in [0.2, 0.25) is 5.95 Å². The van der Waals surface area contributed by atoms with Crippen molar-refractivity contribution in [1.82, 2.24) is 20.5 Å². The Morgan fingerprint density at radius 3 is 3.06 bits per heavy atom. The lowest BCUT2D eigenvalue weighted by atomic mass is 9.95. The average molecular weight is 239 g/mol. The Bertz CT molecular complexity index is 397. The molecule has 7 nitrogen and oxygen atoms in total. The Morgan fingerprint density at radius 1 is 1.65 bits per heavy atom. The fourth-order valence-electron chi connectivity index (χ4n) is 1.85.